The molecule has 118 valence electrons. The zero-order valence-electron chi connectivity index (χ0n) is 12.5. The molecule has 0 aliphatic carbocycles. The lowest BCUT2D eigenvalue weighted by molar-refractivity contribution is 0.406. The van der Waals surface area contributed by atoms with Gasteiger partial charge in [-0.15, -0.1) is 0 Å². The van der Waals surface area contributed by atoms with E-state index in [1.54, 1.807) is 19.5 Å². The lowest BCUT2D eigenvalue weighted by Crippen LogP contribution is -2.30. The fourth-order valence-electron chi connectivity index (χ4n) is 3.15. The highest BCUT2D eigenvalue weighted by Crippen LogP contribution is 2.39. The fraction of sp³-hybridized carbons (Fsp3) is 0.235. The zero-order chi connectivity index (χ0) is 16.0. The predicted molar refractivity (Wildman–Crippen MR) is 91.8 cm³/mol. The van der Waals surface area contributed by atoms with Crippen LogP contribution in [0.5, 0.6) is 5.75 Å². The van der Waals surface area contributed by atoms with E-state index >= 15 is 0 Å². The van der Waals surface area contributed by atoms with Gasteiger partial charge in [-0.2, -0.15) is 0 Å². The van der Waals surface area contributed by atoms with E-state index in [-0.39, 0.29) is 0 Å². The summed E-state index contributed by atoms with van der Waals surface area (Å²) in [7, 11) is 1.65. The Labute approximate surface area is 143 Å². The van der Waals surface area contributed by atoms with E-state index in [9.17, 15) is 0 Å². The Balaban J connectivity index is 1.78. The number of methoxy groups -OCH3 is 1. The van der Waals surface area contributed by atoms with Crippen LogP contribution in [0.25, 0.3) is 11.0 Å². The first-order chi connectivity index (χ1) is 11.2. The smallest absolute Gasteiger partial charge is 0.176 e. The highest BCUT2D eigenvalue weighted by atomic mass is 35.5. The molecule has 0 atom stereocenters. The molecule has 1 aliphatic rings. The van der Waals surface area contributed by atoms with Crippen LogP contribution in [0, 0.1) is 0 Å². The van der Waals surface area contributed by atoms with Crippen molar-refractivity contribution in [3.8, 4) is 5.75 Å². The maximum Gasteiger partial charge on any atom is 0.176 e. The molecule has 1 aromatic carbocycles. The highest BCUT2D eigenvalue weighted by molar-refractivity contribution is 6.38. The van der Waals surface area contributed by atoms with Gasteiger partial charge >= 0.3 is 0 Å². The van der Waals surface area contributed by atoms with Gasteiger partial charge in [0.1, 0.15) is 5.76 Å². The van der Waals surface area contributed by atoms with Gasteiger partial charge in [0.05, 0.1) is 29.4 Å². The van der Waals surface area contributed by atoms with Gasteiger partial charge in [0, 0.05) is 29.9 Å². The van der Waals surface area contributed by atoms with E-state index in [2.05, 4.69) is 16.0 Å². The van der Waals surface area contributed by atoms with Crippen molar-refractivity contribution in [2.24, 2.45) is 0 Å². The molecule has 0 saturated heterocycles. The molecule has 1 aliphatic heterocycles. The number of pyridine rings is 1. The lowest BCUT2D eigenvalue weighted by atomic mass is 10.0. The largest absolute Gasteiger partial charge is 0.493 e. The molecule has 0 saturated carbocycles. The second-order valence-corrected chi connectivity index (χ2v) is 6.28. The number of nitrogens with zero attached hydrogens (tertiary/aromatic N) is 2. The van der Waals surface area contributed by atoms with Crippen LogP contribution < -0.4 is 9.64 Å². The Morgan fingerprint density at radius 3 is 2.74 bits per heavy atom. The van der Waals surface area contributed by atoms with E-state index in [0.717, 1.165) is 41.1 Å². The van der Waals surface area contributed by atoms with Gasteiger partial charge in [-0.1, -0.05) is 35.3 Å². The topological polar surface area (TPSA) is 38.5 Å². The van der Waals surface area contributed by atoms with Crippen LogP contribution in [0.15, 0.2) is 35.0 Å². The molecule has 3 aromatic rings. The molecule has 0 fully saturated rings. The third-order valence-electron chi connectivity index (χ3n) is 4.20. The molecule has 2 aromatic heterocycles. The minimum atomic E-state index is 0.551. The van der Waals surface area contributed by atoms with Crippen molar-refractivity contribution < 1.29 is 9.15 Å². The van der Waals surface area contributed by atoms with E-state index in [0.29, 0.717) is 16.6 Å². The van der Waals surface area contributed by atoms with Crippen molar-refractivity contribution in [2.75, 3.05) is 18.6 Å². The number of furan rings is 1. The summed E-state index contributed by atoms with van der Waals surface area (Å²) in [4.78, 5) is 6.14. The van der Waals surface area contributed by atoms with Crippen molar-refractivity contribution in [1.29, 1.82) is 0 Å². The first-order valence-corrected chi connectivity index (χ1v) is 8.06. The Hall–Kier alpha value is -1.91. The van der Waals surface area contributed by atoms with E-state index in [1.807, 2.05) is 12.1 Å². The number of hydrogen-bond acceptors (Lipinski definition) is 4. The molecule has 0 amide bonds. The van der Waals surface area contributed by atoms with Gasteiger partial charge in [-0.05, 0) is 12.5 Å². The number of ether oxygens (including phenoxy) is 1. The van der Waals surface area contributed by atoms with Crippen LogP contribution in [0.1, 0.15) is 11.3 Å². The Morgan fingerprint density at radius 1 is 1.22 bits per heavy atom. The summed E-state index contributed by atoms with van der Waals surface area (Å²) in [6.07, 6.45) is 4.09. The molecular weight excluding hydrogens is 335 g/mol. The Morgan fingerprint density at radius 2 is 2.00 bits per heavy atom. The first-order valence-electron chi connectivity index (χ1n) is 7.30. The van der Waals surface area contributed by atoms with E-state index < -0.39 is 0 Å². The molecule has 0 unspecified atom stereocenters. The molecule has 6 heteroatoms. The summed E-state index contributed by atoms with van der Waals surface area (Å²) in [5.41, 5.74) is 2.84. The van der Waals surface area contributed by atoms with E-state index in [1.165, 1.54) is 5.56 Å². The number of rotatable bonds is 2. The van der Waals surface area contributed by atoms with Crippen molar-refractivity contribution in [3.63, 3.8) is 0 Å². The Kier molecular flexibility index (Phi) is 3.58. The van der Waals surface area contributed by atoms with Gasteiger partial charge in [0.25, 0.3) is 0 Å². The number of para-hydroxylation sites is 1. The molecule has 0 spiro atoms. The van der Waals surface area contributed by atoms with Gasteiger partial charge in [0.15, 0.2) is 11.3 Å². The van der Waals surface area contributed by atoms with Crippen LogP contribution in [0.3, 0.4) is 0 Å². The normalized spacial score (nSPS) is 14.1. The average Bonchev–Trinajstić information content (AvgIpc) is 2.92. The average molecular weight is 349 g/mol. The molecule has 0 bridgehead atoms. The standard InChI is InChI=1S/C17H14Cl2N2O2/c1-22-14-4-2-3-11-10-5-6-21(9-15(10)23-17(11)14)16-12(18)7-20-8-13(16)19/h2-4,7-8H,5-6,9H2,1H3. The van der Waals surface area contributed by atoms with Gasteiger partial charge in [-0.25, -0.2) is 0 Å². The number of anilines is 1. The van der Waals surface area contributed by atoms with E-state index in [4.69, 9.17) is 32.4 Å². The maximum absolute atomic E-state index is 6.28. The Bertz CT molecular complexity index is 871. The zero-order valence-corrected chi connectivity index (χ0v) is 14.0. The fourth-order valence-corrected chi connectivity index (χ4v) is 3.76. The number of aromatic nitrogens is 1. The van der Waals surface area contributed by atoms with Crippen molar-refractivity contribution in [2.45, 2.75) is 13.0 Å². The molecule has 4 nitrogen and oxygen atoms in total. The summed E-state index contributed by atoms with van der Waals surface area (Å²) in [5.74, 6) is 1.68. The molecule has 23 heavy (non-hydrogen) atoms. The second-order valence-electron chi connectivity index (χ2n) is 5.46. The van der Waals surface area contributed by atoms with Crippen LogP contribution in [0.4, 0.5) is 5.69 Å². The quantitative estimate of drug-likeness (QED) is 0.672. The van der Waals surface area contributed by atoms with Gasteiger partial charge in [0.2, 0.25) is 0 Å². The second kappa shape index (κ2) is 5.62. The number of benzene rings is 1. The van der Waals surface area contributed by atoms with Crippen molar-refractivity contribution in [1.82, 2.24) is 4.98 Å². The predicted octanol–water partition coefficient (Wildman–Crippen LogP) is 4.71. The molecular formula is C17H14Cl2N2O2. The number of hydrogen-bond donors (Lipinski definition) is 0. The van der Waals surface area contributed by atoms with Gasteiger partial charge < -0.3 is 14.1 Å². The maximum atomic E-state index is 6.28. The number of halogens is 2. The minimum Gasteiger partial charge on any atom is -0.493 e. The summed E-state index contributed by atoms with van der Waals surface area (Å²) < 4.78 is 11.5. The van der Waals surface area contributed by atoms with Crippen LogP contribution >= 0.6 is 23.2 Å². The van der Waals surface area contributed by atoms with Crippen LogP contribution in [0.2, 0.25) is 10.0 Å². The summed E-state index contributed by atoms with van der Waals surface area (Å²) in [6, 6.07) is 5.97. The molecule has 3 heterocycles. The minimum absolute atomic E-state index is 0.551. The van der Waals surface area contributed by atoms with Crippen molar-refractivity contribution >= 4 is 39.9 Å². The third kappa shape index (κ3) is 2.33. The van der Waals surface area contributed by atoms with Gasteiger partial charge in [-0.3, -0.25) is 4.98 Å². The number of fused-ring (bicyclic) bond motifs is 3. The molecule has 4 rings (SSSR count). The lowest BCUT2D eigenvalue weighted by Gasteiger charge is -2.29. The first kappa shape index (κ1) is 14.7. The molecule has 0 N–H and O–H groups in total. The van der Waals surface area contributed by atoms with Crippen molar-refractivity contribution in [3.05, 3.63) is 52.0 Å². The summed E-state index contributed by atoms with van der Waals surface area (Å²) in [6.45, 7) is 1.44. The molecule has 0 radical (unpaired) electrons. The summed E-state index contributed by atoms with van der Waals surface area (Å²) in [5, 5.41) is 2.22. The summed E-state index contributed by atoms with van der Waals surface area (Å²) >= 11 is 12.6. The van der Waals surface area contributed by atoms with Crippen LogP contribution in [-0.4, -0.2) is 18.6 Å². The third-order valence-corrected chi connectivity index (χ3v) is 4.75. The van der Waals surface area contributed by atoms with Crippen LogP contribution in [-0.2, 0) is 13.0 Å². The highest BCUT2D eigenvalue weighted by Gasteiger charge is 2.26. The SMILES string of the molecule is COc1cccc2c3c(oc12)CN(c1c(Cl)cncc1Cl)CC3. The monoisotopic (exact) mass is 348 g/mol.